The number of thioether (sulfide) groups is 1. The third-order valence-corrected chi connectivity index (χ3v) is 5.48. The Balaban J connectivity index is 1.50. The van der Waals surface area contributed by atoms with Gasteiger partial charge in [-0.1, -0.05) is 42.5 Å². The van der Waals surface area contributed by atoms with Gasteiger partial charge in [0.05, 0.1) is 5.75 Å². The van der Waals surface area contributed by atoms with Crippen molar-refractivity contribution in [3.8, 4) is 11.5 Å². The Morgan fingerprint density at radius 3 is 2.28 bits per heavy atom. The molecule has 5 heteroatoms. The highest BCUT2D eigenvalue weighted by Gasteiger charge is 2.13. The van der Waals surface area contributed by atoms with Crippen LogP contribution in [0, 0.1) is 0 Å². The fourth-order valence-electron chi connectivity index (χ4n) is 2.81. The van der Waals surface area contributed by atoms with E-state index in [2.05, 4.69) is 0 Å². The molecule has 150 valence electrons. The van der Waals surface area contributed by atoms with Crippen molar-refractivity contribution in [3.63, 3.8) is 0 Å². The largest absolute Gasteiger partial charge is 0.508 e. The van der Waals surface area contributed by atoms with Gasteiger partial charge >= 0.3 is 0 Å². The van der Waals surface area contributed by atoms with Crippen LogP contribution in [-0.2, 0) is 17.9 Å². The second kappa shape index (κ2) is 10.6. The summed E-state index contributed by atoms with van der Waals surface area (Å²) in [5.74, 6) is 1.51. The number of aromatic hydroxyl groups is 1. The lowest BCUT2D eigenvalue weighted by Crippen LogP contribution is -2.31. The minimum atomic E-state index is 0.0926. The van der Waals surface area contributed by atoms with Gasteiger partial charge in [0.15, 0.2) is 0 Å². The molecule has 0 unspecified atom stereocenters. The first-order valence-corrected chi connectivity index (χ1v) is 10.6. The van der Waals surface area contributed by atoms with Gasteiger partial charge in [0.1, 0.15) is 18.1 Å². The number of benzene rings is 3. The Bertz CT molecular complexity index is 896. The van der Waals surface area contributed by atoms with Crippen LogP contribution in [0.15, 0.2) is 83.8 Å². The molecule has 0 aliphatic rings. The number of phenols is 1. The molecule has 0 fully saturated rings. The molecule has 0 spiro atoms. The molecular weight excluding hydrogens is 382 g/mol. The summed E-state index contributed by atoms with van der Waals surface area (Å²) in [7, 11) is 0. The number of amides is 1. The van der Waals surface area contributed by atoms with Crippen molar-refractivity contribution < 1.29 is 14.6 Å². The number of ether oxygens (including phenoxy) is 1. The van der Waals surface area contributed by atoms with Crippen LogP contribution in [0.3, 0.4) is 0 Å². The summed E-state index contributed by atoms with van der Waals surface area (Å²) in [5.41, 5.74) is 2.20. The minimum Gasteiger partial charge on any atom is -0.508 e. The molecule has 1 amide bonds. The van der Waals surface area contributed by atoms with Crippen molar-refractivity contribution in [3.05, 3.63) is 90.0 Å². The molecule has 3 aromatic carbocycles. The summed E-state index contributed by atoms with van der Waals surface area (Å²) >= 11 is 1.48. The first-order chi connectivity index (χ1) is 14.1. The van der Waals surface area contributed by atoms with Gasteiger partial charge < -0.3 is 14.7 Å². The fourth-order valence-corrected chi connectivity index (χ4v) is 3.61. The van der Waals surface area contributed by atoms with E-state index in [1.807, 2.05) is 78.6 Å². The molecule has 0 heterocycles. The molecule has 4 nitrogen and oxygen atoms in total. The SMILES string of the molecule is CCN(Cc1ccc(OCc2ccccc2)cc1)C(=O)CSc1ccc(O)cc1. The molecule has 3 rings (SSSR count). The quantitative estimate of drug-likeness (QED) is 0.501. The highest BCUT2D eigenvalue weighted by Crippen LogP contribution is 2.22. The van der Waals surface area contributed by atoms with Crippen LogP contribution in [0.1, 0.15) is 18.1 Å². The van der Waals surface area contributed by atoms with E-state index in [4.69, 9.17) is 4.74 Å². The first-order valence-electron chi connectivity index (χ1n) is 9.59. The molecule has 0 aliphatic heterocycles. The highest BCUT2D eigenvalue weighted by atomic mass is 32.2. The van der Waals surface area contributed by atoms with E-state index in [-0.39, 0.29) is 11.7 Å². The molecule has 0 aromatic heterocycles. The Morgan fingerprint density at radius 2 is 1.62 bits per heavy atom. The number of hydrogen-bond acceptors (Lipinski definition) is 4. The zero-order valence-corrected chi connectivity index (χ0v) is 17.3. The molecule has 3 aromatic rings. The maximum atomic E-state index is 12.6. The third-order valence-electron chi connectivity index (χ3n) is 4.48. The lowest BCUT2D eigenvalue weighted by molar-refractivity contribution is -0.128. The van der Waals surface area contributed by atoms with E-state index < -0.39 is 0 Å². The summed E-state index contributed by atoms with van der Waals surface area (Å²) < 4.78 is 5.82. The van der Waals surface area contributed by atoms with Crippen LogP contribution >= 0.6 is 11.8 Å². The third kappa shape index (κ3) is 6.57. The van der Waals surface area contributed by atoms with E-state index >= 15 is 0 Å². The molecule has 0 radical (unpaired) electrons. The fraction of sp³-hybridized carbons (Fsp3) is 0.208. The second-order valence-corrected chi connectivity index (χ2v) is 7.66. The maximum Gasteiger partial charge on any atom is 0.233 e. The number of nitrogens with zero attached hydrogens (tertiary/aromatic N) is 1. The van der Waals surface area contributed by atoms with Crippen LogP contribution in [0.4, 0.5) is 0 Å². The van der Waals surface area contributed by atoms with Gasteiger partial charge in [0.25, 0.3) is 0 Å². The minimum absolute atomic E-state index is 0.0926. The van der Waals surface area contributed by atoms with Crippen LogP contribution in [0.5, 0.6) is 11.5 Å². The van der Waals surface area contributed by atoms with E-state index in [0.29, 0.717) is 25.4 Å². The topological polar surface area (TPSA) is 49.8 Å². The predicted molar refractivity (Wildman–Crippen MR) is 117 cm³/mol. The average Bonchev–Trinajstić information content (AvgIpc) is 2.77. The Labute approximate surface area is 176 Å². The second-order valence-electron chi connectivity index (χ2n) is 6.61. The van der Waals surface area contributed by atoms with Crippen molar-refractivity contribution >= 4 is 17.7 Å². The van der Waals surface area contributed by atoms with Crippen molar-refractivity contribution in [1.29, 1.82) is 0 Å². The van der Waals surface area contributed by atoms with E-state index in [9.17, 15) is 9.90 Å². The normalized spacial score (nSPS) is 10.5. The van der Waals surface area contributed by atoms with Crippen LogP contribution in [0.25, 0.3) is 0 Å². The molecule has 1 N–H and O–H groups in total. The van der Waals surface area contributed by atoms with Crippen molar-refractivity contribution in [1.82, 2.24) is 4.90 Å². The Hall–Kier alpha value is -2.92. The molecule has 0 bridgehead atoms. The Kier molecular flexibility index (Phi) is 7.59. The van der Waals surface area contributed by atoms with E-state index in [1.54, 1.807) is 12.1 Å². The summed E-state index contributed by atoms with van der Waals surface area (Å²) in [6, 6.07) is 24.9. The van der Waals surface area contributed by atoms with Gasteiger partial charge in [-0.15, -0.1) is 11.8 Å². The summed E-state index contributed by atoms with van der Waals surface area (Å²) in [6.45, 7) is 3.75. The molecular formula is C24H25NO3S. The van der Waals surface area contributed by atoms with Gasteiger partial charge in [-0.3, -0.25) is 4.79 Å². The lowest BCUT2D eigenvalue weighted by atomic mass is 10.2. The highest BCUT2D eigenvalue weighted by molar-refractivity contribution is 8.00. The number of phenolic OH excluding ortho intramolecular Hbond substituents is 1. The predicted octanol–water partition coefficient (Wildman–Crippen LogP) is 5.11. The molecule has 0 saturated heterocycles. The summed E-state index contributed by atoms with van der Waals surface area (Å²) in [6.07, 6.45) is 0. The van der Waals surface area contributed by atoms with E-state index in [0.717, 1.165) is 21.8 Å². The smallest absolute Gasteiger partial charge is 0.233 e. The standard InChI is InChI=1S/C24H25NO3S/c1-2-25(24(27)18-29-23-14-10-21(26)11-15-23)16-19-8-12-22(13-9-19)28-17-20-6-4-3-5-7-20/h3-15,26H,2,16-18H2,1H3. The van der Waals surface area contributed by atoms with Crippen LogP contribution in [0.2, 0.25) is 0 Å². The Morgan fingerprint density at radius 1 is 0.931 bits per heavy atom. The summed E-state index contributed by atoms with van der Waals surface area (Å²) in [5, 5.41) is 9.34. The van der Waals surface area contributed by atoms with Crippen LogP contribution in [-0.4, -0.2) is 28.2 Å². The van der Waals surface area contributed by atoms with Gasteiger partial charge in [0, 0.05) is 18.0 Å². The molecule has 29 heavy (non-hydrogen) atoms. The van der Waals surface area contributed by atoms with Gasteiger partial charge in [-0.25, -0.2) is 0 Å². The van der Waals surface area contributed by atoms with Crippen molar-refractivity contribution in [2.75, 3.05) is 12.3 Å². The maximum absolute atomic E-state index is 12.6. The zero-order chi connectivity index (χ0) is 20.5. The molecule has 0 aliphatic carbocycles. The van der Waals surface area contributed by atoms with E-state index in [1.165, 1.54) is 11.8 Å². The van der Waals surface area contributed by atoms with Crippen molar-refractivity contribution in [2.45, 2.75) is 25.0 Å². The van der Waals surface area contributed by atoms with Gasteiger partial charge in [0.2, 0.25) is 5.91 Å². The number of carbonyl (C=O) groups excluding carboxylic acids is 1. The number of rotatable bonds is 9. The molecule has 0 saturated carbocycles. The molecule has 0 atom stereocenters. The van der Waals surface area contributed by atoms with Gasteiger partial charge in [-0.2, -0.15) is 0 Å². The lowest BCUT2D eigenvalue weighted by Gasteiger charge is -2.21. The van der Waals surface area contributed by atoms with Gasteiger partial charge in [-0.05, 0) is 54.4 Å². The number of carbonyl (C=O) groups is 1. The zero-order valence-electron chi connectivity index (χ0n) is 16.5. The number of hydrogen-bond donors (Lipinski definition) is 1. The summed E-state index contributed by atoms with van der Waals surface area (Å²) in [4.78, 5) is 15.4. The average molecular weight is 408 g/mol. The van der Waals surface area contributed by atoms with Crippen molar-refractivity contribution in [2.24, 2.45) is 0 Å². The monoisotopic (exact) mass is 407 g/mol. The van der Waals surface area contributed by atoms with Crippen LogP contribution < -0.4 is 4.74 Å². The first kappa shape index (κ1) is 20.8.